The van der Waals surface area contributed by atoms with Gasteiger partial charge in [-0.2, -0.15) is 13.2 Å². The topological polar surface area (TPSA) is 43.4 Å². The Morgan fingerprint density at radius 2 is 1.54 bits per heavy atom. The maximum absolute atomic E-state index is 13.9. The molecule has 0 aliphatic carbocycles. The Morgan fingerprint density at radius 1 is 0.958 bits per heavy atom. The van der Waals surface area contributed by atoms with Gasteiger partial charge in [-0.05, 0) is 24.3 Å². The molecule has 0 unspecified atom stereocenters. The predicted octanol–water partition coefficient (Wildman–Crippen LogP) is 4.31. The number of hydrogen-bond acceptors (Lipinski definition) is 3. The van der Waals surface area contributed by atoms with Crippen molar-refractivity contribution in [3.63, 3.8) is 0 Å². The van der Waals surface area contributed by atoms with E-state index in [0.29, 0.717) is 6.07 Å². The van der Waals surface area contributed by atoms with Gasteiger partial charge in [0.25, 0.3) is 0 Å². The molecule has 0 atom stereocenters. The van der Waals surface area contributed by atoms with E-state index in [4.69, 9.17) is 4.74 Å². The molecule has 0 radical (unpaired) electrons. The number of benzene rings is 2. The Bertz CT molecular complexity index is 782. The number of ether oxygens (including phenoxy) is 1. The molecule has 0 aromatic heterocycles. The molecule has 0 amide bonds. The van der Waals surface area contributed by atoms with Gasteiger partial charge in [-0.1, -0.05) is 18.2 Å². The molecule has 0 spiro atoms. The Labute approximate surface area is 134 Å². The Hall–Kier alpha value is -2.70. The second kappa shape index (κ2) is 6.82. The molecular formula is C17H12F4O3. The maximum Gasteiger partial charge on any atom is 0.419 e. The molecule has 0 bridgehead atoms. The van der Waals surface area contributed by atoms with Crippen molar-refractivity contribution in [1.82, 2.24) is 0 Å². The quantitative estimate of drug-likeness (QED) is 0.463. The highest BCUT2D eigenvalue weighted by molar-refractivity contribution is 6.14. The van der Waals surface area contributed by atoms with Gasteiger partial charge in [0.15, 0.2) is 11.6 Å². The summed E-state index contributed by atoms with van der Waals surface area (Å²) < 4.78 is 57.0. The van der Waals surface area contributed by atoms with E-state index >= 15 is 0 Å². The van der Waals surface area contributed by atoms with Crippen LogP contribution in [0.3, 0.4) is 0 Å². The number of carbonyl (C=O) groups is 2. The van der Waals surface area contributed by atoms with Gasteiger partial charge in [0, 0.05) is 0 Å². The summed E-state index contributed by atoms with van der Waals surface area (Å²) in [6, 6.07) is 8.46. The highest BCUT2D eigenvalue weighted by Gasteiger charge is 2.35. The van der Waals surface area contributed by atoms with E-state index < -0.39 is 41.1 Å². The molecular weight excluding hydrogens is 328 g/mol. The Kier molecular flexibility index (Phi) is 5.02. The zero-order chi connectivity index (χ0) is 17.9. The molecule has 0 aliphatic rings. The number of methoxy groups -OCH3 is 1. The van der Waals surface area contributed by atoms with Crippen LogP contribution in [0.2, 0.25) is 0 Å². The number of rotatable bonds is 5. The molecule has 0 heterocycles. The molecule has 2 aromatic rings. The van der Waals surface area contributed by atoms with Gasteiger partial charge in [0.2, 0.25) is 0 Å². The van der Waals surface area contributed by atoms with Crippen LogP contribution in [-0.2, 0) is 6.18 Å². The Balaban J connectivity index is 2.29. The smallest absolute Gasteiger partial charge is 0.419 e. The molecule has 0 saturated carbocycles. The van der Waals surface area contributed by atoms with Crippen molar-refractivity contribution in [3.8, 4) is 5.75 Å². The molecule has 7 heteroatoms. The van der Waals surface area contributed by atoms with E-state index in [2.05, 4.69) is 0 Å². The fourth-order valence-electron chi connectivity index (χ4n) is 2.18. The first-order valence-electron chi connectivity index (χ1n) is 6.81. The molecule has 24 heavy (non-hydrogen) atoms. The van der Waals surface area contributed by atoms with Crippen molar-refractivity contribution >= 4 is 11.6 Å². The summed E-state index contributed by atoms with van der Waals surface area (Å²) >= 11 is 0. The molecule has 0 saturated heterocycles. The van der Waals surface area contributed by atoms with E-state index in [9.17, 15) is 27.2 Å². The number of carbonyl (C=O) groups excluding carboxylic acids is 2. The Morgan fingerprint density at radius 3 is 2.17 bits per heavy atom. The van der Waals surface area contributed by atoms with Gasteiger partial charge in [0.1, 0.15) is 11.6 Å². The molecule has 0 fully saturated rings. The van der Waals surface area contributed by atoms with E-state index in [0.717, 1.165) is 12.1 Å². The molecule has 2 rings (SSSR count). The number of alkyl halides is 3. The fourth-order valence-corrected chi connectivity index (χ4v) is 2.18. The second-order valence-electron chi connectivity index (χ2n) is 4.89. The second-order valence-corrected chi connectivity index (χ2v) is 4.89. The van der Waals surface area contributed by atoms with E-state index in [1.165, 1.54) is 19.2 Å². The highest BCUT2D eigenvalue weighted by atomic mass is 19.4. The molecule has 2 aromatic carbocycles. The third-order valence-electron chi connectivity index (χ3n) is 3.33. The lowest BCUT2D eigenvalue weighted by Crippen LogP contribution is -2.15. The SMILES string of the molecule is COc1ccccc1C(=O)CC(=O)c1cccc(C(F)(F)F)c1F. The van der Waals surface area contributed by atoms with Crippen molar-refractivity contribution in [2.75, 3.05) is 7.11 Å². The largest absolute Gasteiger partial charge is 0.496 e. The van der Waals surface area contributed by atoms with Crippen LogP contribution in [-0.4, -0.2) is 18.7 Å². The minimum atomic E-state index is -4.92. The van der Waals surface area contributed by atoms with Gasteiger partial charge < -0.3 is 4.74 Å². The first-order valence-corrected chi connectivity index (χ1v) is 6.81. The van der Waals surface area contributed by atoms with Crippen LogP contribution in [0.15, 0.2) is 42.5 Å². The summed E-state index contributed by atoms with van der Waals surface area (Å²) in [6.45, 7) is 0. The summed E-state index contributed by atoms with van der Waals surface area (Å²) in [5, 5.41) is 0. The average molecular weight is 340 g/mol. The minimum absolute atomic E-state index is 0.0979. The van der Waals surface area contributed by atoms with Crippen LogP contribution in [0.5, 0.6) is 5.75 Å². The van der Waals surface area contributed by atoms with E-state index in [1.807, 2.05) is 0 Å². The van der Waals surface area contributed by atoms with Crippen LogP contribution in [0.4, 0.5) is 17.6 Å². The van der Waals surface area contributed by atoms with Gasteiger partial charge in [0.05, 0.1) is 30.2 Å². The summed E-state index contributed by atoms with van der Waals surface area (Å²) in [5.74, 6) is -3.16. The summed E-state index contributed by atoms with van der Waals surface area (Å²) in [4.78, 5) is 24.2. The summed E-state index contributed by atoms with van der Waals surface area (Å²) in [6.07, 6.45) is -5.69. The van der Waals surface area contributed by atoms with Crippen LogP contribution in [0, 0.1) is 5.82 Å². The lowest BCUT2D eigenvalue weighted by Gasteiger charge is -2.11. The number of Topliss-reactive ketones (excluding diaryl/α,β-unsaturated/α-hetero) is 2. The van der Waals surface area contributed by atoms with Gasteiger partial charge in [-0.3, -0.25) is 9.59 Å². The zero-order valence-electron chi connectivity index (χ0n) is 12.5. The standard InChI is InChI=1S/C17H12F4O3/c1-24-15-8-3-2-5-10(15)13(22)9-14(23)11-6-4-7-12(16(11)18)17(19,20)21/h2-8H,9H2,1H3. The third-order valence-corrected chi connectivity index (χ3v) is 3.33. The van der Waals surface area contributed by atoms with Crippen molar-refractivity contribution in [2.24, 2.45) is 0 Å². The van der Waals surface area contributed by atoms with Crippen molar-refractivity contribution < 1.29 is 31.9 Å². The number of halogens is 4. The molecule has 0 aliphatic heterocycles. The van der Waals surface area contributed by atoms with Gasteiger partial charge in [-0.15, -0.1) is 0 Å². The van der Waals surface area contributed by atoms with Crippen molar-refractivity contribution in [2.45, 2.75) is 12.6 Å². The van der Waals surface area contributed by atoms with E-state index in [-0.39, 0.29) is 11.3 Å². The molecule has 126 valence electrons. The minimum Gasteiger partial charge on any atom is -0.496 e. The molecule has 0 N–H and O–H groups in total. The highest BCUT2D eigenvalue weighted by Crippen LogP contribution is 2.32. The zero-order valence-corrected chi connectivity index (χ0v) is 12.5. The monoisotopic (exact) mass is 340 g/mol. The van der Waals surface area contributed by atoms with Crippen LogP contribution < -0.4 is 4.74 Å². The maximum atomic E-state index is 13.9. The van der Waals surface area contributed by atoms with Crippen molar-refractivity contribution in [1.29, 1.82) is 0 Å². The fraction of sp³-hybridized carbons (Fsp3) is 0.176. The summed E-state index contributed by atoms with van der Waals surface area (Å²) in [5.41, 5.74) is -2.22. The third kappa shape index (κ3) is 3.61. The normalized spacial score (nSPS) is 11.2. The van der Waals surface area contributed by atoms with E-state index in [1.54, 1.807) is 12.1 Å². The van der Waals surface area contributed by atoms with Crippen LogP contribution in [0.1, 0.15) is 32.7 Å². The first-order chi connectivity index (χ1) is 11.3. The van der Waals surface area contributed by atoms with Crippen LogP contribution >= 0.6 is 0 Å². The average Bonchev–Trinajstić information content (AvgIpc) is 2.53. The lowest BCUT2D eigenvalue weighted by atomic mass is 9.99. The van der Waals surface area contributed by atoms with Gasteiger partial charge >= 0.3 is 6.18 Å². The number of para-hydroxylation sites is 1. The number of hydrogen-bond donors (Lipinski definition) is 0. The first kappa shape index (κ1) is 17.7. The number of ketones is 2. The van der Waals surface area contributed by atoms with Crippen molar-refractivity contribution in [3.05, 3.63) is 65.0 Å². The van der Waals surface area contributed by atoms with Crippen LogP contribution in [0.25, 0.3) is 0 Å². The molecule has 3 nitrogen and oxygen atoms in total. The predicted molar refractivity (Wildman–Crippen MR) is 77.7 cm³/mol. The lowest BCUT2D eigenvalue weighted by molar-refractivity contribution is -0.140. The van der Waals surface area contributed by atoms with Gasteiger partial charge in [-0.25, -0.2) is 4.39 Å². The summed E-state index contributed by atoms with van der Waals surface area (Å²) in [7, 11) is 1.33.